The lowest BCUT2D eigenvalue weighted by atomic mass is 10.00. The number of hydrogen-bond donors (Lipinski definition) is 1. The fourth-order valence-electron chi connectivity index (χ4n) is 4.49. The second kappa shape index (κ2) is 12.9. The van der Waals surface area contributed by atoms with E-state index in [0.717, 1.165) is 21.6 Å². The maximum absolute atomic E-state index is 13.5. The first kappa shape index (κ1) is 28.9. The minimum atomic E-state index is -0.844. The average molecular weight is 601 g/mol. The summed E-state index contributed by atoms with van der Waals surface area (Å²) >= 11 is 13.0. The van der Waals surface area contributed by atoms with Crippen molar-refractivity contribution in [2.75, 3.05) is 11.5 Å². The number of benzene rings is 4. The molecule has 0 spiro atoms. The Bertz CT molecular complexity index is 1670. The van der Waals surface area contributed by atoms with Gasteiger partial charge in [-0.1, -0.05) is 71.7 Å². The van der Waals surface area contributed by atoms with E-state index >= 15 is 0 Å². The highest BCUT2D eigenvalue weighted by Gasteiger charge is 2.37. The van der Waals surface area contributed by atoms with Crippen LogP contribution in [0.25, 0.3) is 6.08 Å². The van der Waals surface area contributed by atoms with Crippen LogP contribution >= 0.6 is 23.2 Å². The molecule has 1 aliphatic rings. The average Bonchev–Trinajstić information content (AvgIpc) is 2.98. The summed E-state index contributed by atoms with van der Waals surface area (Å²) in [5, 5.41) is 3.23. The summed E-state index contributed by atoms with van der Waals surface area (Å²) in [5.41, 5.74) is 3.12. The van der Waals surface area contributed by atoms with E-state index in [4.69, 9.17) is 32.7 Å². The molecule has 0 aromatic heterocycles. The summed E-state index contributed by atoms with van der Waals surface area (Å²) in [5.74, 6) is -0.511. The number of barbiturate groups is 1. The number of ether oxygens (including phenoxy) is 2. The van der Waals surface area contributed by atoms with Gasteiger partial charge in [0.05, 0.1) is 12.3 Å². The third-order valence-corrected chi connectivity index (χ3v) is 7.26. The Balaban J connectivity index is 1.40. The molecule has 4 aromatic carbocycles. The van der Waals surface area contributed by atoms with Crippen molar-refractivity contribution in [2.24, 2.45) is 0 Å². The number of halogens is 2. The lowest BCUT2D eigenvalue weighted by molar-refractivity contribution is -0.122. The highest BCUT2D eigenvalue weighted by molar-refractivity contribution is 6.39. The number of nitrogens with zero attached hydrogens (tertiary/aromatic N) is 1. The minimum absolute atomic E-state index is 0.226. The smallest absolute Gasteiger partial charge is 0.335 e. The largest absolute Gasteiger partial charge is 0.494 e. The summed E-state index contributed by atoms with van der Waals surface area (Å²) in [7, 11) is 0. The van der Waals surface area contributed by atoms with Crippen LogP contribution in [0.2, 0.25) is 10.0 Å². The monoisotopic (exact) mass is 600 g/mol. The van der Waals surface area contributed by atoms with Crippen molar-refractivity contribution in [2.45, 2.75) is 20.0 Å². The second-order valence-electron chi connectivity index (χ2n) is 9.41. The molecule has 0 unspecified atom stereocenters. The van der Waals surface area contributed by atoms with E-state index in [9.17, 15) is 14.4 Å². The molecule has 212 valence electrons. The molecule has 42 heavy (non-hydrogen) atoms. The molecule has 0 aliphatic carbocycles. The number of imide groups is 2. The van der Waals surface area contributed by atoms with Gasteiger partial charge in [-0.15, -0.1) is 0 Å². The van der Waals surface area contributed by atoms with Gasteiger partial charge in [-0.25, -0.2) is 9.69 Å². The summed E-state index contributed by atoms with van der Waals surface area (Å²) in [4.78, 5) is 39.8. The number of amides is 4. The predicted molar refractivity (Wildman–Crippen MR) is 163 cm³/mol. The van der Waals surface area contributed by atoms with Gasteiger partial charge in [0, 0.05) is 22.0 Å². The van der Waals surface area contributed by atoms with Crippen molar-refractivity contribution in [3.05, 3.63) is 129 Å². The van der Waals surface area contributed by atoms with Gasteiger partial charge in [0.25, 0.3) is 11.8 Å². The number of rotatable bonds is 9. The van der Waals surface area contributed by atoms with Gasteiger partial charge < -0.3 is 9.47 Å². The molecule has 0 radical (unpaired) electrons. The molecule has 0 atom stereocenters. The fourth-order valence-corrected chi connectivity index (χ4v) is 4.98. The van der Waals surface area contributed by atoms with Crippen LogP contribution in [0.5, 0.6) is 11.5 Å². The first-order valence-electron chi connectivity index (χ1n) is 13.2. The highest BCUT2D eigenvalue weighted by atomic mass is 35.5. The molecule has 4 amide bonds. The van der Waals surface area contributed by atoms with E-state index in [0.29, 0.717) is 46.7 Å². The number of anilines is 1. The third-order valence-electron chi connectivity index (χ3n) is 6.56. The van der Waals surface area contributed by atoms with Crippen LogP contribution in [-0.4, -0.2) is 24.5 Å². The number of urea groups is 1. The highest BCUT2D eigenvalue weighted by Crippen LogP contribution is 2.34. The maximum Gasteiger partial charge on any atom is 0.335 e. The topological polar surface area (TPSA) is 84.9 Å². The van der Waals surface area contributed by atoms with Gasteiger partial charge in [-0.05, 0) is 72.2 Å². The maximum atomic E-state index is 13.5. The van der Waals surface area contributed by atoms with Crippen molar-refractivity contribution >= 4 is 52.8 Å². The van der Waals surface area contributed by atoms with E-state index in [2.05, 4.69) is 5.32 Å². The van der Waals surface area contributed by atoms with Gasteiger partial charge >= 0.3 is 6.03 Å². The van der Waals surface area contributed by atoms with Gasteiger partial charge in [0.1, 0.15) is 23.7 Å². The lowest BCUT2D eigenvalue weighted by Crippen LogP contribution is -2.54. The van der Waals surface area contributed by atoms with Crippen LogP contribution in [0.1, 0.15) is 29.2 Å². The number of hydrogen-bond acceptors (Lipinski definition) is 5. The molecule has 1 heterocycles. The molecule has 0 saturated carbocycles. The van der Waals surface area contributed by atoms with Crippen LogP contribution in [0.4, 0.5) is 10.5 Å². The first-order valence-corrected chi connectivity index (χ1v) is 14.0. The molecule has 1 saturated heterocycles. The Morgan fingerprint density at radius 1 is 0.833 bits per heavy atom. The van der Waals surface area contributed by atoms with Crippen molar-refractivity contribution in [3.8, 4) is 11.5 Å². The zero-order valence-corrected chi connectivity index (χ0v) is 24.1. The molecular weight excluding hydrogens is 575 g/mol. The van der Waals surface area contributed by atoms with E-state index in [-0.39, 0.29) is 11.3 Å². The van der Waals surface area contributed by atoms with Crippen LogP contribution < -0.4 is 19.7 Å². The summed E-state index contributed by atoms with van der Waals surface area (Å²) < 4.78 is 11.7. The Morgan fingerprint density at radius 3 is 2.26 bits per heavy atom. The Hall–Kier alpha value is -4.59. The van der Waals surface area contributed by atoms with Crippen molar-refractivity contribution in [1.29, 1.82) is 0 Å². The molecule has 0 bridgehead atoms. The third kappa shape index (κ3) is 6.48. The second-order valence-corrected chi connectivity index (χ2v) is 10.2. The normalized spacial score (nSPS) is 14.2. The van der Waals surface area contributed by atoms with Gasteiger partial charge in [-0.3, -0.25) is 14.9 Å². The van der Waals surface area contributed by atoms with Crippen LogP contribution in [0.3, 0.4) is 0 Å². The van der Waals surface area contributed by atoms with Gasteiger partial charge in [0.2, 0.25) is 0 Å². The van der Waals surface area contributed by atoms with Crippen molar-refractivity contribution in [1.82, 2.24) is 5.32 Å². The fraction of sp³-hybridized carbons (Fsp3) is 0.121. The standard InChI is InChI=1S/C33H26Cl2N2O5/c1-2-41-30-18-22(17-29(35)26(30)19-23-10-6-7-11-28(23)34)16-27-31(38)36-33(40)37(32(27)39)24-12-14-25(15-13-24)42-20-21-8-4-3-5-9-21/h3-18H,2,19-20H2,1H3,(H,36,38,40)/b27-16+. The molecule has 9 heteroatoms. The molecule has 7 nitrogen and oxygen atoms in total. The first-order chi connectivity index (χ1) is 20.3. The summed E-state index contributed by atoms with van der Waals surface area (Å²) in [6.07, 6.45) is 1.82. The quantitative estimate of drug-likeness (QED) is 0.162. The van der Waals surface area contributed by atoms with E-state index in [1.54, 1.807) is 42.5 Å². The molecule has 5 rings (SSSR count). The van der Waals surface area contributed by atoms with Crippen molar-refractivity contribution in [3.63, 3.8) is 0 Å². The van der Waals surface area contributed by atoms with Crippen molar-refractivity contribution < 1.29 is 23.9 Å². The van der Waals surface area contributed by atoms with Crippen LogP contribution in [-0.2, 0) is 22.6 Å². The number of carbonyl (C=O) groups excluding carboxylic acids is 3. The van der Waals surface area contributed by atoms with Crippen LogP contribution in [0, 0.1) is 0 Å². The lowest BCUT2D eigenvalue weighted by Gasteiger charge is -2.26. The van der Waals surface area contributed by atoms with E-state index in [1.807, 2.05) is 55.5 Å². The molecule has 1 N–H and O–H groups in total. The summed E-state index contributed by atoms with van der Waals surface area (Å²) in [6.45, 7) is 2.59. The molecule has 1 aliphatic heterocycles. The Kier molecular flexibility index (Phi) is 8.91. The van der Waals surface area contributed by atoms with Gasteiger partial charge in [-0.2, -0.15) is 0 Å². The predicted octanol–water partition coefficient (Wildman–Crippen LogP) is 7.23. The Labute approximate surface area is 253 Å². The van der Waals surface area contributed by atoms with E-state index in [1.165, 1.54) is 6.08 Å². The number of nitrogens with one attached hydrogen (secondary N) is 1. The SMILES string of the molecule is CCOc1cc(/C=C2\C(=O)NC(=O)N(c3ccc(OCc4ccccc4)cc3)C2=O)cc(Cl)c1Cc1ccccc1Cl. The molecular formula is C33H26Cl2N2O5. The van der Waals surface area contributed by atoms with E-state index < -0.39 is 17.8 Å². The molecule has 4 aromatic rings. The Morgan fingerprint density at radius 2 is 1.55 bits per heavy atom. The zero-order chi connectivity index (χ0) is 29.6. The van der Waals surface area contributed by atoms with Crippen LogP contribution in [0.15, 0.2) is 96.6 Å². The zero-order valence-electron chi connectivity index (χ0n) is 22.6. The number of carbonyl (C=O) groups is 3. The molecule has 1 fully saturated rings. The minimum Gasteiger partial charge on any atom is -0.494 e. The van der Waals surface area contributed by atoms with Gasteiger partial charge in [0.15, 0.2) is 0 Å². The summed E-state index contributed by atoms with van der Waals surface area (Å²) in [6, 6.07) is 26.1.